The van der Waals surface area contributed by atoms with Crippen LogP contribution < -0.4 is 4.74 Å². The molecule has 0 atom stereocenters. The predicted octanol–water partition coefficient (Wildman–Crippen LogP) is 2.35. The monoisotopic (exact) mass is 255 g/mol. The molecule has 0 aliphatic rings. The maximum Gasteiger partial charge on any atom is 0.178 e. The first-order valence-corrected chi connectivity index (χ1v) is 5.85. The topological polar surface area (TPSA) is 60.2 Å². The molecule has 19 heavy (non-hydrogen) atoms. The average Bonchev–Trinajstić information content (AvgIpc) is 2.76. The molecule has 0 radical (unpaired) electrons. The molecule has 0 aliphatic carbocycles. The largest absolute Gasteiger partial charge is 0.507 e. The number of nitrogens with zero attached hydrogens (tertiary/aromatic N) is 3. The smallest absolute Gasteiger partial charge is 0.178 e. The molecule has 0 amide bonds. The molecule has 0 spiro atoms. The lowest BCUT2D eigenvalue weighted by molar-refractivity contribution is 0.408. The SMILES string of the molecule is COc1ccc(-c2nc3ncccc3n2C)c(O)c1. The Morgan fingerprint density at radius 3 is 2.79 bits per heavy atom. The first-order valence-electron chi connectivity index (χ1n) is 5.85. The van der Waals surface area contributed by atoms with E-state index >= 15 is 0 Å². The number of methoxy groups -OCH3 is 1. The van der Waals surface area contributed by atoms with Crippen LogP contribution in [0, 0.1) is 0 Å². The third-order valence-corrected chi connectivity index (χ3v) is 3.10. The van der Waals surface area contributed by atoms with Crippen LogP contribution in [-0.2, 0) is 7.05 Å². The van der Waals surface area contributed by atoms with Gasteiger partial charge in [0.25, 0.3) is 0 Å². The summed E-state index contributed by atoms with van der Waals surface area (Å²) in [6.45, 7) is 0. The number of hydrogen-bond donors (Lipinski definition) is 1. The van der Waals surface area contributed by atoms with E-state index in [2.05, 4.69) is 9.97 Å². The van der Waals surface area contributed by atoms with Crippen LogP contribution in [0.15, 0.2) is 36.5 Å². The van der Waals surface area contributed by atoms with Crippen LogP contribution in [0.1, 0.15) is 0 Å². The van der Waals surface area contributed by atoms with E-state index in [9.17, 15) is 5.11 Å². The lowest BCUT2D eigenvalue weighted by Gasteiger charge is -2.06. The number of imidazole rings is 1. The van der Waals surface area contributed by atoms with E-state index in [0.717, 1.165) is 5.52 Å². The summed E-state index contributed by atoms with van der Waals surface area (Å²) in [5, 5.41) is 10.1. The molecule has 3 rings (SSSR count). The molecule has 0 unspecified atom stereocenters. The quantitative estimate of drug-likeness (QED) is 0.763. The highest BCUT2D eigenvalue weighted by Gasteiger charge is 2.14. The second-order valence-electron chi connectivity index (χ2n) is 4.22. The highest BCUT2D eigenvalue weighted by molar-refractivity contribution is 5.78. The minimum absolute atomic E-state index is 0.137. The van der Waals surface area contributed by atoms with Gasteiger partial charge in [-0.05, 0) is 24.3 Å². The Labute approximate surface area is 110 Å². The summed E-state index contributed by atoms with van der Waals surface area (Å²) >= 11 is 0. The summed E-state index contributed by atoms with van der Waals surface area (Å²) < 4.78 is 6.98. The minimum atomic E-state index is 0.137. The van der Waals surface area contributed by atoms with Gasteiger partial charge in [0.1, 0.15) is 17.3 Å². The maximum atomic E-state index is 10.1. The molecule has 5 nitrogen and oxygen atoms in total. The predicted molar refractivity (Wildman–Crippen MR) is 72.2 cm³/mol. The molecule has 0 bridgehead atoms. The van der Waals surface area contributed by atoms with Gasteiger partial charge < -0.3 is 14.4 Å². The Balaban J connectivity index is 2.21. The summed E-state index contributed by atoms with van der Waals surface area (Å²) in [5.41, 5.74) is 2.24. The molecule has 3 aromatic rings. The van der Waals surface area contributed by atoms with Crippen molar-refractivity contribution in [2.24, 2.45) is 7.05 Å². The number of benzene rings is 1. The summed E-state index contributed by atoms with van der Waals surface area (Å²) in [6.07, 6.45) is 1.70. The Hall–Kier alpha value is -2.56. The zero-order valence-corrected chi connectivity index (χ0v) is 10.7. The van der Waals surface area contributed by atoms with Crippen molar-refractivity contribution in [3.05, 3.63) is 36.5 Å². The van der Waals surface area contributed by atoms with Crippen molar-refractivity contribution in [1.82, 2.24) is 14.5 Å². The van der Waals surface area contributed by atoms with Gasteiger partial charge in [0.15, 0.2) is 5.65 Å². The third-order valence-electron chi connectivity index (χ3n) is 3.10. The maximum absolute atomic E-state index is 10.1. The second-order valence-corrected chi connectivity index (χ2v) is 4.22. The van der Waals surface area contributed by atoms with Crippen molar-refractivity contribution in [2.45, 2.75) is 0 Å². The van der Waals surface area contributed by atoms with Crippen molar-refractivity contribution in [1.29, 1.82) is 0 Å². The molecular formula is C14H13N3O2. The Morgan fingerprint density at radius 1 is 1.26 bits per heavy atom. The van der Waals surface area contributed by atoms with Crippen molar-refractivity contribution < 1.29 is 9.84 Å². The molecule has 2 aromatic heterocycles. The van der Waals surface area contributed by atoms with Gasteiger partial charge >= 0.3 is 0 Å². The van der Waals surface area contributed by atoms with E-state index < -0.39 is 0 Å². The van der Waals surface area contributed by atoms with E-state index in [4.69, 9.17) is 4.74 Å². The van der Waals surface area contributed by atoms with Crippen LogP contribution in [0.4, 0.5) is 0 Å². The minimum Gasteiger partial charge on any atom is -0.507 e. The van der Waals surface area contributed by atoms with Crippen molar-refractivity contribution >= 4 is 11.2 Å². The van der Waals surface area contributed by atoms with Crippen LogP contribution in [0.25, 0.3) is 22.6 Å². The number of ether oxygens (including phenoxy) is 1. The Bertz CT molecular complexity index is 750. The molecule has 2 heterocycles. The molecule has 96 valence electrons. The zero-order valence-electron chi connectivity index (χ0n) is 10.7. The summed E-state index contributed by atoms with van der Waals surface area (Å²) in [5.74, 6) is 1.42. The van der Waals surface area contributed by atoms with Gasteiger partial charge in [0, 0.05) is 19.3 Å². The molecular weight excluding hydrogens is 242 g/mol. The van der Waals surface area contributed by atoms with Crippen molar-refractivity contribution in [3.8, 4) is 22.9 Å². The number of aromatic nitrogens is 3. The number of fused-ring (bicyclic) bond motifs is 1. The molecule has 0 saturated carbocycles. The second kappa shape index (κ2) is 4.28. The fourth-order valence-electron chi connectivity index (χ4n) is 2.09. The number of phenolic OH excluding ortho intramolecular Hbond substituents is 1. The molecule has 5 heteroatoms. The van der Waals surface area contributed by atoms with Crippen molar-refractivity contribution in [2.75, 3.05) is 7.11 Å². The Kier molecular flexibility index (Phi) is 2.59. The van der Waals surface area contributed by atoms with Gasteiger partial charge in [-0.3, -0.25) is 0 Å². The van der Waals surface area contributed by atoms with Gasteiger partial charge in [0.2, 0.25) is 0 Å². The van der Waals surface area contributed by atoms with Gasteiger partial charge in [-0.25, -0.2) is 9.97 Å². The third kappa shape index (κ3) is 1.79. The van der Waals surface area contributed by atoms with Gasteiger partial charge in [0.05, 0.1) is 18.2 Å². The molecule has 1 N–H and O–H groups in total. The van der Waals surface area contributed by atoms with E-state index in [1.165, 1.54) is 0 Å². The highest BCUT2D eigenvalue weighted by Crippen LogP contribution is 2.32. The van der Waals surface area contributed by atoms with Gasteiger partial charge in [-0.1, -0.05) is 0 Å². The fraction of sp³-hybridized carbons (Fsp3) is 0.143. The lowest BCUT2D eigenvalue weighted by Crippen LogP contribution is -1.93. The number of phenols is 1. The number of aryl methyl sites for hydroxylation is 1. The highest BCUT2D eigenvalue weighted by atomic mass is 16.5. The lowest BCUT2D eigenvalue weighted by atomic mass is 10.2. The average molecular weight is 255 g/mol. The molecule has 0 saturated heterocycles. The number of pyridine rings is 1. The molecule has 0 fully saturated rings. The van der Waals surface area contributed by atoms with Crippen LogP contribution in [-0.4, -0.2) is 26.8 Å². The Morgan fingerprint density at radius 2 is 2.11 bits per heavy atom. The summed E-state index contributed by atoms with van der Waals surface area (Å²) in [6, 6.07) is 8.96. The number of aromatic hydroxyl groups is 1. The number of rotatable bonds is 2. The fourth-order valence-corrected chi connectivity index (χ4v) is 2.09. The molecule has 0 aliphatic heterocycles. The summed E-state index contributed by atoms with van der Waals surface area (Å²) in [7, 11) is 3.46. The van der Waals surface area contributed by atoms with Crippen LogP contribution in [0.2, 0.25) is 0 Å². The van der Waals surface area contributed by atoms with E-state index in [1.807, 2.05) is 23.7 Å². The zero-order chi connectivity index (χ0) is 13.4. The van der Waals surface area contributed by atoms with Crippen LogP contribution >= 0.6 is 0 Å². The van der Waals surface area contributed by atoms with Crippen LogP contribution in [0.5, 0.6) is 11.5 Å². The van der Waals surface area contributed by atoms with E-state index in [-0.39, 0.29) is 5.75 Å². The summed E-state index contributed by atoms with van der Waals surface area (Å²) in [4.78, 5) is 8.66. The van der Waals surface area contributed by atoms with Gasteiger partial charge in [-0.2, -0.15) is 0 Å². The van der Waals surface area contributed by atoms with E-state index in [0.29, 0.717) is 22.8 Å². The standard InChI is InChI=1S/C14H13N3O2/c1-17-11-4-3-7-15-13(11)16-14(17)10-6-5-9(19-2)8-12(10)18/h3-8,18H,1-2H3. The van der Waals surface area contributed by atoms with Crippen LogP contribution in [0.3, 0.4) is 0 Å². The normalized spacial score (nSPS) is 10.8. The first kappa shape index (κ1) is 11.5. The van der Waals surface area contributed by atoms with Crippen molar-refractivity contribution in [3.63, 3.8) is 0 Å². The van der Waals surface area contributed by atoms with Gasteiger partial charge in [-0.15, -0.1) is 0 Å². The number of hydrogen-bond acceptors (Lipinski definition) is 4. The van der Waals surface area contributed by atoms with E-state index in [1.54, 1.807) is 31.5 Å². The molecule has 1 aromatic carbocycles. The first-order chi connectivity index (χ1) is 9.20.